The molecule has 15 heavy (non-hydrogen) atoms. The molecule has 0 unspecified atom stereocenters. The summed E-state index contributed by atoms with van der Waals surface area (Å²) in [5.41, 5.74) is 7.64. The van der Waals surface area contributed by atoms with Crippen LogP contribution in [0.4, 0.5) is 4.39 Å². The first-order valence-electron chi connectivity index (χ1n) is 5.20. The van der Waals surface area contributed by atoms with Crippen LogP contribution in [0.15, 0.2) is 18.2 Å². The van der Waals surface area contributed by atoms with Gasteiger partial charge in [-0.05, 0) is 37.3 Å². The molecule has 2 rings (SSSR count). The molecule has 1 nitrogen and oxygen atoms in total. The predicted molar refractivity (Wildman–Crippen MR) is 62.7 cm³/mol. The Kier molecular flexibility index (Phi) is 4.12. The van der Waals surface area contributed by atoms with Crippen LogP contribution in [0.3, 0.4) is 0 Å². The molecule has 2 N–H and O–H groups in total. The lowest BCUT2D eigenvalue weighted by atomic mass is 9.77. The van der Waals surface area contributed by atoms with Crippen molar-refractivity contribution in [2.24, 2.45) is 11.7 Å². The molecule has 84 valence electrons. The molecule has 1 aliphatic carbocycles. The molecule has 0 radical (unpaired) electrons. The van der Waals surface area contributed by atoms with Crippen molar-refractivity contribution in [3.63, 3.8) is 0 Å². The maximum atomic E-state index is 13.5. The van der Waals surface area contributed by atoms with Gasteiger partial charge in [0, 0.05) is 11.6 Å². The third-order valence-electron chi connectivity index (χ3n) is 3.17. The van der Waals surface area contributed by atoms with Gasteiger partial charge in [0.1, 0.15) is 5.82 Å². The van der Waals surface area contributed by atoms with Gasteiger partial charge in [-0.2, -0.15) is 0 Å². The summed E-state index contributed by atoms with van der Waals surface area (Å²) in [7, 11) is 0. The molecular weight excluding hydrogens is 213 g/mol. The van der Waals surface area contributed by atoms with Gasteiger partial charge in [-0.1, -0.05) is 18.6 Å². The molecule has 0 bridgehead atoms. The Bertz CT molecular complexity index is 336. The first kappa shape index (κ1) is 12.5. The topological polar surface area (TPSA) is 26.0 Å². The first-order valence-corrected chi connectivity index (χ1v) is 5.20. The van der Waals surface area contributed by atoms with Crippen molar-refractivity contribution >= 4 is 12.4 Å². The van der Waals surface area contributed by atoms with Crippen LogP contribution in [0.1, 0.15) is 36.4 Å². The van der Waals surface area contributed by atoms with E-state index in [0.29, 0.717) is 11.5 Å². The minimum absolute atomic E-state index is 0. The van der Waals surface area contributed by atoms with E-state index in [2.05, 4.69) is 0 Å². The molecule has 0 saturated heterocycles. The summed E-state index contributed by atoms with van der Waals surface area (Å²) in [6, 6.07) is 5.21. The maximum absolute atomic E-state index is 13.5. The molecule has 0 aliphatic heterocycles. The lowest BCUT2D eigenvalue weighted by Crippen LogP contribution is -2.27. The van der Waals surface area contributed by atoms with Gasteiger partial charge < -0.3 is 5.73 Å². The second-order valence-corrected chi connectivity index (χ2v) is 4.24. The van der Waals surface area contributed by atoms with Crippen LogP contribution in [0.2, 0.25) is 0 Å². The van der Waals surface area contributed by atoms with Crippen LogP contribution in [-0.2, 0) is 0 Å². The van der Waals surface area contributed by atoms with Crippen molar-refractivity contribution in [1.29, 1.82) is 0 Å². The Morgan fingerprint density at radius 1 is 1.40 bits per heavy atom. The van der Waals surface area contributed by atoms with Gasteiger partial charge in [0.25, 0.3) is 0 Å². The molecule has 0 aromatic heterocycles. The minimum Gasteiger partial charge on any atom is -0.324 e. The van der Waals surface area contributed by atoms with E-state index in [1.165, 1.54) is 6.42 Å². The smallest absolute Gasteiger partial charge is 0.128 e. The fraction of sp³-hybridized carbons (Fsp3) is 0.500. The van der Waals surface area contributed by atoms with Crippen LogP contribution in [-0.4, -0.2) is 0 Å². The molecule has 1 fully saturated rings. The molecule has 0 amide bonds. The minimum atomic E-state index is -0.149. The molecule has 1 aliphatic rings. The van der Waals surface area contributed by atoms with Gasteiger partial charge in [0.15, 0.2) is 0 Å². The average molecular weight is 230 g/mol. The van der Waals surface area contributed by atoms with Gasteiger partial charge in [-0.25, -0.2) is 4.39 Å². The van der Waals surface area contributed by atoms with Crippen molar-refractivity contribution in [3.8, 4) is 0 Å². The van der Waals surface area contributed by atoms with E-state index in [1.54, 1.807) is 6.07 Å². The van der Waals surface area contributed by atoms with Crippen molar-refractivity contribution in [3.05, 3.63) is 35.1 Å². The molecule has 3 heteroatoms. The van der Waals surface area contributed by atoms with Crippen LogP contribution in [0.5, 0.6) is 0 Å². The molecule has 0 heterocycles. The fourth-order valence-corrected chi connectivity index (χ4v) is 1.96. The summed E-state index contributed by atoms with van der Waals surface area (Å²) in [4.78, 5) is 0. The summed E-state index contributed by atoms with van der Waals surface area (Å²) in [5, 5.41) is 0. The number of nitrogens with two attached hydrogens (primary N) is 1. The van der Waals surface area contributed by atoms with Gasteiger partial charge in [-0.15, -0.1) is 12.4 Å². The quantitative estimate of drug-likeness (QED) is 0.827. The predicted octanol–water partition coefficient (Wildman–Crippen LogP) is 3.36. The van der Waals surface area contributed by atoms with Gasteiger partial charge in [0.05, 0.1) is 0 Å². The van der Waals surface area contributed by atoms with E-state index in [0.717, 1.165) is 18.4 Å². The van der Waals surface area contributed by atoms with Crippen LogP contribution in [0, 0.1) is 18.7 Å². The zero-order valence-electron chi connectivity index (χ0n) is 8.87. The number of hydrogen-bond acceptors (Lipinski definition) is 1. The van der Waals surface area contributed by atoms with Crippen LogP contribution >= 0.6 is 12.4 Å². The number of benzene rings is 1. The van der Waals surface area contributed by atoms with Crippen molar-refractivity contribution in [2.75, 3.05) is 0 Å². The third-order valence-corrected chi connectivity index (χ3v) is 3.17. The molecule has 1 atom stereocenters. The number of aryl methyl sites for hydroxylation is 1. The lowest BCUT2D eigenvalue weighted by Gasteiger charge is -2.31. The highest BCUT2D eigenvalue weighted by Crippen LogP contribution is 2.36. The Morgan fingerprint density at radius 3 is 2.53 bits per heavy atom. The molecule has 0 spiro atoms. The highest BCUT2D eigenvalue weighted by Gasteiger charge is 2.27. The summed E-state index contributed by atoms with van der Waals surface area (Å²) < 4.78 is 13.5. The van der Waals surface area contributed by atoms with Crippen LogP contribution in [0.25, 0.3) is 0 Å². The van der Waals surface area contributed by atoms with Gasteiger partial charge in [0.2, 0.25) is 0 Å². The van der Waals surface area contributed by atoms with Crippen molar-refractivity contribution in [1.82, 2.24) is 0 Å². The molecular formula is C12H17ClFN. The van der Waals surface area contributed by atoms with E-state index >= 15 is 0 Å². The summed E-state index contributed by atoms with van der Waals surface area (Å²) in [6.45, 7) is 1.89. The first-order chi connectivity index (χ1) is 6.68. The van der Waals surface area contributed by atoms with E-state index in [4.69, 9.17) is 5.73 Å². The molecule has 1 saturated carbocycles. The normalized spacial score (nSPS) is 17.8. The number of rotatable bonds is 2. The van der Waals surface area contributed by atoms with E-state index in [9.17, 15) is 4.39 Å². The Morgan fingerprint density at radius 2 is 2.07 bits per heavy atom. The van der Waals surface area contributed by atoms with Crippen molar-refractivity contribution in [2.45, 2.75) is 32.2 Å². The second-order valence-electron chi connectivity index (χ2n) is 4.24. The standard InChI is InChI=1S/C12H16FN.ClH/c1-8-5-6-10(11(13)7-8)12(14)9-3-2-4-9;/h5-7,9,12H,2-4,14H2,1H3;1H/t12-;/m1./s1. The summed E-state index contributed by atoms with van der Waals surface area (Å²) in [5.74, 6) is 0.344. The Balaban J connectivity index is 0.00000112. The van der Waals surface area contributed by atoms with E-state index < -0.39 is 0 Å². The van der Waals surface area contributed by atoms with Gasteiger partial charge >= 0.3 is 0 Å². The molecule has 1 aromatic carbocycles. The number of halogens is 2. The number of hydrogen-bond donors (Lipinski definition) is 1. The SMILES string of the molecule is Cc1ccc([C@H](N)C2CCC2)c(F)c1.Cl. The highest BCUT2D eigenvalue weighted by molar-refractivity contribution is 5.85. The Labute approximate surface area is 96.3 Å². The summed E-state index contributed by atoms with van der Waals surface area (Å²) in [6.07, 6.45) is 3.54. The van der Waals surface area contributed by atoms with Crippen LogP contribution < -0.4 is 5.73 Å². The zero-order valence-corrected chi connectivity index (χ0v) is 9.69. The molecule has 1 aromatic rings. The monoisotopic (exact) mass is 229 g/mol. The average Bonchev–Trinajstić information content (AvgIpc) is 2.00. The third kappa shape index (κ3) is 2.50. The Hall–Kier alpha value is -0.600. The maximum Gasteiger partial charge on any atom is 0.128 e. The van der Waals surface area contributed by atoms with E-state index in [1.807, 2.05) is 19.1 Å². The lowest BCUT2D eigenvalue weighted by molar-refractivity contribution is 0.260. The zero-order chi connectivity index (χ0) is 10.1. The summed E-state index contributed by atoms with van der Waals surface area (Å²) >= 11 is 0. The largest absolute Gasteiger partial charge is 0.324 e. The highest BCUT2D eigenvalue weighted by atomic mass is 35.5. The fourth-order valence-electron chi connectivity index (χ4n) is 1.96. The second kappa shape index (κ2) is 4.95. The van der Waals surface area contributed by atoms with E-state index in [-0.39, 0.29) is 24.3 Å². The van der Waals surface area contributed by atoms with Crippen molar-refractivity contribution < 1.29 is 4.39 Å². The van der Waals surface area contributed by atoms with Gasteiger partial charge in [-0.3, -0.25) is 0 Å².